The highest BCUT2D eigenvalue weighted by Gasteiger charge is 2.17. The molecule has 5 heteroatoms. The largest absolute Gasteiger partial charge is 0.233 e. The molecule has 2 nitrogen and oxygen atoms in total. The van der Waals surface area contributed by atoms with Crippen LogP contribution in [-0.4, -0.2) is 9.97 Å². The van der Waals surface area contributed by atoms with Crippen molar-refractivity contribution in [2.75, 3.05) is 0 Å². The lowest BCUT2D eigenvalue weighted by Crippen LogP contribution is -2.02. The summed E-state index contributed by atoms with van der Waals surface area (Å²) in [6, 6.07) is 5.70. The number of aromatic nitrogens is 2. The van der Waals surface area contributed by atoms with E-state index in [1.165, 1.54) is 6.42 Å². The maximum absolute atomic E-state index is 6.35. The molecule has 0 N–H and O–H groups in total. The maximum Gasteiger partial charge on any atom is 0.162 e. The molecule has 0 saturated carbocycles. The van der Waals surface area contributed by atoms with Crippen molar-refractivity contribution in [3.8, 4) is 11.4 Å². The van der Waals surface area contributed by atoms with E-state index in [-0.39, 0.29) is 0 Å². The third-order valence-electron chi connectivity index (χ3n) is 3.55. The summed E-state index contributed by atoms with van der Waals surface area (Å²) in [5.74, 6) is 0.619. The number of hydrogen-bond donors (Lipinski definition) is 0. The Morgan fingerprint density at radius 3 is 2.60 bits per heavy atom. The molecule has 3 rings (SSSR count). The predicted molar refractivity (Wildman–Crippen MR) is 86.4 cm³/mol. The van der Waals surface area contributed by atoms with Crippen molar-refractivity contribution in [2.45, 2.75) is 32.1 Å². The molecule has 1 aliphatic carbocycles. The van der Waals surface area contributed by atoms with Crippen LogP contribution >= 0.6 is 39.1 Å². The molecule has 0 atom stereocenters. The Hall–Kier alpha value is -0.640. The van der Waals surface area contributed by atoms with E-state index < -0.39 is 0 Å². The van der Waals surface area contributed by atoms with Gasteiger partial charge in [0.25, 0.3) is 0 Å². The molecular formula is C15H13BrCl2N2. The van der Waals surface area contributed by atoms with Gasteiger partial charge in [-0.05, 0) is 43.9 Å². The normalized spacial score (nSPS) is 14.8. The van der Waals surface area contributed by atoms with E-state index in [4.69, 9.17) is 28.2 Å². The van der Waals surface area contributed by atoms with Crippen LogP contribution in [0.3, 0.4) is 0 Å². The van der Waals surface area contributed by atoms with E-state index in [9.17, 15) is 0 Å². The highest BCUT2D eigenvalue weighted by atomic mass is 79.9. The first-order valence-corrected chi connectivity index (χ1v) is 8.21. The van der Waals surface area contributed by atoms with Gasteiger partial charge in [0, 0.05) is 21.3 Å². The number of halogens is 3. The Balaban J connectivity index is 2.11. The lowest BCUT2D eigenvalue weighted by Gasteiger charge is -2.10. The molecule has 0 fully saturated rings. The van der Waals surface area contributed by atoms with Gasteiger partial charge in [-0.1, -0.05) is 45.6 Å². The Morgan fingerprint density at radius 1 is 1.00 bits per heavy atom. The zero-order chi connectivity index (χ0) is 14.1. The quantitative estimate of drug-likeness (QED) is 0.489. The van der Waals surface area contributed by atoms with Gasteiger partial charge in [0.1, 0.15) is 5.15 Å². The van der Waals surface area contributed by atoms with Gasteiger partial charge in [-0.25, -0.2) is 9.97 Å². The molecule has 0 unspecified atom stereocenters. The van der Waals surface area contributed by atoms with Crippen molar-refractivity contribution in [2.24, 2.45) is 0 Å². The summed E-state index contributed by atoms with van der Waals surface area (Å²) in [5.41, 5.74) is 3.02. The van der Waals surface area contributed by atoms with E-state index in [1.54, 1.807) is 0 Å². The number of hydrogen-bond acceptors (Lipinski definition) is 2. The number of nitrogens with zero attached hydrogens (tertiary/aromatic N) is 2. The van der Waals surface area contributed by atoms with Gasteiger partial charge < -0.3 is 0 Å². The summed E-state index contributed by atoms with van der Waals surface area (Å²) < 4.78 is 0.937. The molecule has 1 aromatic carbocycles. The van der Waals surface area contributed by atoms with Crippen LogP contribution in [0.15, 0.2) is 22.7 Å². The van der Waals surface area contributed by atoms with Crippen LogP contribution in [-0.2, 0) is 12.8 Å². The summed E-state index contributed by atoms with van der Waals surface area (Å²) >= 11 is 16.0. The Kier molecular flexibility index (Phi) is 4.29. The predicted octanol–water partition coefficient (Wildman–Crippen LogP) is 5.48. The molecule has 0 radical (unpaired) electrons. The summed E-state index contributed by atoms with van der Waals surface area (Å²) in [6.07, 6.45) is 5.49. The minimum Gasteiger partial charge on any atom is -0.233 e. The lowest BCUT2D eigenvalue weighted by molar-refractivity contribution is 0.709. The van der Waals surface area contributed by atoms with E-state index in [2.05, 4.69) is 20.9 Å². The molecular weight excluding hydrogens is 359 g/mol. The van der Waals surface area contributed by atoms with Crippen LogP contribution in [0.1, 0.15) is 30.5 Å². The molecule has 104 valence electrons. The van der Waals surface area contributed by atoms with Gasteiger partial charge in [0.15, 0.2) is 5.82 Å². The second-order valence-electron chi connectivity index (χ2n) is 4.95. The van der Waals surface area contributed by atoms with Gasteiger partial charge in [-0.15, -0.1) is 0 Å². The Morgan fingerprint density at radius 2 is 1.80 bits per heavy atom. The number of aryl methyl sites for hydroxylation is 1. The maximum atomic E-state index is 6.35. The van der Waals surface area contributed by atoms with Crippen LogP contribution in [0, 0.1) is 0 Å². The first-order valence-electron chi connectivity index (χ1n) is 6.66. The van der Waals surface area contributed by atoms with Crippen LogP contribution in [0.2, 0.25) is 10.2 Å². The van der Waals surface area contributed by atoms with Crippen molar-refractivity contribution >= 4 is 39.1 Å². The Bertz CT molecular complexity index is 659. The molecule has 1 aliphatic rings. The van der Waals surface area contributed by atoms with Gasteiger partial charge in [0.2, 0.25) is 0 Å². The topological polar surface area (TPSA) is 25.8 Å². The fraction of sp³-hybridized carbons (Fsp3) is 0.333. The molecule has 1 heterocycles. The summed E-state index contributed by atoms with van der Waals surface area (Å²) in [6.45, 7) is 0. The summed E-state index contributed by atoms with van der Waals surface area (Å²) in [4.78, 5) is 9.14. The van der Waals surface area contributed by atoms with Crippen molar-refractivity contribution < 1.29 is 0 Å². The lowest BCUT2D eigenvalue weighted by atomic mass is 10.1. The molecule has 1 aromatic heterocycles. The second-order valence-corrected chi connectivity index (χ2v) is 6.63. The molecule has 20 heavy (non-hydrogen) atoms. The molecule has 0 spiro atoms. The van der Waals surface area contributed by atoms with E-state index in [0.29, 0.717) is 16.0 Å². The number of rotatable bonds is 1. The van der Waals surface area contributed by atoms with Gasteiger partial charge in [-0.2, -0.15) is 0 Å². The van der Waals surface area contributed by atoms with Gasteiger partial charge in [0.05, 0.1) is 5.02 Å². The first kappa shape index (κ1) is 14.3. The summed E-state index contributed by atoms with van der Waals surface area (Å²) in [5, 5.41) is 1.20. The average molecular weight is 372 g/mol. The van der Waals surface area contributed by atoms with Crippen molar-refractivity contribution in [1.29, 1.82) is 0 Å². The fourth-order valence-electron chi connectivity index (χ4n) is 2.52. The monoisotopic (exact) mass is 370 g/mol. The average Bonchev–Trinajstić information content (AvgIpc) is 2.64. The summed E-state index contributed by atoms with van der Waals surface area (Å²) in [7, 11) is 0. The fourth-order valence-corrected chi connectivity index (χ4v) is 3.56. The first-order chi connectivity index (χ1) is 9.65. The van der Waals surface area contributed by atoms with Crippen LogP contribution < -0.4 is 0 Å². The molecule has 2 aromatic rings. The number of benzene rings is 1. The standard InChI is InChI=1S/C15H13BrCl2N2/c16-9-6-7-10(12(17)8-9)15-19-13-5-3-1-2-4-11(13)14(18)20-15/h6-8H,1-5H2. The smallest absolute Gasteiger partial charge is 0.162 e. The highest BCUT2D eigenvalue weighted by Crippen LogP contribution is 2.32. The van der Waals surface area contributed by atoms with Crippen molar-refractivity contribution in [1.82, 2.24) is 9.97 Å². The highest BCUT2D eigenvalue weighted by molar-refractivity contribution is 9.10. The van der Waals surface area contributed by atoms with Crippen LogP contribution in [0.4, 0.5) is 0 Å². The van der Waals surface area contributed by atoms with E-state index in [0.717, 1.165) is 47.0 Å². The van der Waals surface area contributed by atoms with Gasteiger partial charge >= 0.3 is 0 Å². The minimum absolute atomic E-state index is 0.575. The molecule has 0 bridgehead atoms. The van der Waals surface area contributed by atoms with E-state index >= 15 is 0 Å². The number of fused-ring (bicyclic) bond motifs is 1. The zero-order valence-electron chi connectivity index (χ0n) is 10.8. The third kappa shape index (κ3) is 2.85. The minimum atomic E-state index is 0.575. The second kappa shape index (κ2) is 6.00. The third-order valence-corrected chi connectivity index (χ3v) is 4.67. The zero-order valence-corrected chi connectivity index (χ0v) is 13.9. The molecule has 0 aliphatic heterocycles. The van der Waals surface area contributed by atoms with Gasteiger partial charge in [-0.3, -0.25) is 0 Å². The van der Waals surface area contributed by atoms with E-state index in [1.807, 2.05) is 18.2 Å². The molecule has 0 amide bonds. The van der Waals surface area contributed by atoms with Crippen molar-refractivity contribution in [3.63, 3.8) is 0 Å². The van der Waals surface area contributed by atoms with Crippen LogP contribution in [0.25, 0.3) is 11.4 Å². The SMILES string of the molecule is Clc1cc(Br)ccc1-c1nc(Cl)c2c(n1)CCCCC2. The molecule has 0 saturated heterocycles. The van der Waals surface area contributed by atoms with Crippen LogP contribution in [0.5, 0.6) is 0 Å². The van der Waals surface area contributed by atoms with Crippen molar-refractivity contribution in [3.05, 3.63) is 44.1 Å². The Labute approximate surface area is 136 Å².